The summed E-state index contributed by atoms with van der Waals surface area (Å²) in [5.41, 5.74) is 7.72. The third-order valence-electron chi connectivity index (χ3n) is 5.23. The standard InChI is InChI=1S/C14H14ClFN4O.C5H7BN2O/c1-19-4-5-20-11(7-19)12(14(17)21)13(18-20)8-2-3-10(16)9(15)6-8;7-3-6-1-5(2-6)8-4-9/h2-3,6H,4-5,7H2,1H3,(H2,17,21);4-5H,1-2H2,(H,8,9). The van der Waals surface area contributed by atoms with Crippen molar-refractivity contribution in [2.75, 3.05) is 13.6 Å². The first-order chi connectivity index (χ1) is 14.3. The van der Waals surface area contributed by atoms with Gasteiger partial charge in [0.1, 0.15) is 11.5 Å². The first kappa shape index (κ1) is 21.8. The van der Waals surface area contributed by atoms with Gasteiger partial charge in [0.2, 0.25) is 6.41 Å². The number of likely N-dealkylation sites (N-methyl/N-ethyl adjacent to an activating group) is 1. The molecule has 2 aliphatic heterocycles. The van der Waals surface area contributed by atoms with Gasteiger partial charge in [-0.3, -0.25) is 19.2 Å². The molecule has 0 unspecified atom stereocenters. The molecular weight excluding hydrogens is 410 g/mol. The highest BCUT2D eigenvalue weighted by Gasteiger charge is 2.32. The van der Waals surface area contributed by atoms with Crippen molar-refractivity contribution in [2.45, 2.75) is 31.8 Å². The van der Waals surface area contributed by atoms with Gasteiger partial charge in [0.05, 0.1) is 22.8 Å². The third kappa shape index (κ3) is 4.63. The van der Waals surface area contributed by atoms with Crippen molar-refractivity contribution < 1.29 is 14.0 Å². The second kappa shape index (κ2) is 9.28. The predicted octanol–water partition coefficient (Wildman–Crippen LogP) is 1.56. The molecule has 3 N–H and O–H groups in total. The van der Waals surface area contributed by atoms with E-state index in [0.29, 0.717) is 36.3 Å². The molecule has 3 heterocycles. The fraction of sp³-hybridized carbons (Fsp3) is 0.368. The molecule has 2 aliphatic rings. The van der Waals surface area contributed by atoms with Crippen LogP contribution in [0.3, 0.4) is 0 Å². The molecule has 156 valence electrons. The molecule has 2 amide bonds. The maximum absolute atomic E-state index is 13.3. The van der Waals surface area contributed by atoms with Crippen LogP contribution in [0.4, 0.5) is 4.39 Å². The molecule has 0 atom stereocenters. The Balaban J connectivity index is 0.000000239. The number of nitrogens with two attached hydrogens (primary N) is 1. The molecule has 1 aromatic carbocycles. The van der Waals surface area contributed by atoms with Gasteiger partial charge < -0.3 is 11.1 Å². The van der Waals surface area contributed by atoms with Gasteiger partial charge in [-0.05, 0) is 37.9 Å². The quantitative estimate of drug-likeness (QED) is 0.564. The number of primary amides is 1. The summed E-state index contributed by atoms with van der Waals surface area (Å²) >= 11 is 5.81. The number of amides is 2. The van der Waals surface area contributed by atoms with Crippen LogP contribution in [0, 0.1) is 17.0 Å². The molecule has 11 heteroatoms. The number of carbonyl (C=O) groups excluding carboxylic acids is 2. The number of nitrogens with zero attached hydrogens (tertiary/aromatic N) is 4. The Morgan fingerprint density at radius 2 is 2.20 bits per heavy atom. The molecule has 1 saturated heterocycles. The Hall–Kier alpha value is -2.90. The Labute approximate surface area is 178 Å². The summed E-state index contributed by atoms with van der Waals surface area (Å²) < 4.78 is 15.1. The molecule has 0 bridgehead atoms. The summed E-state index contributed by atoms with van der Waals surface area (Å²) in [6.45, 7) is 2.31. The van der Waals surface area contributed by atoms with Crippen molar-refractivity contribution in [3.05, 3.63) is 40.3 Å². The number of halogens is 2. The first-order valence-corrected chi connectivity index (χ1v) is 9.84. The minimum absolute atomic E-state index is 0.00832. The first-order valence-electron chi connectivity index (χ1n) is 9.46. The van der Waals surface area contributed by atoms with E-state index in [-0.39, 0.29) is 17.8 Å². The number of benzene rings is 1. The normalized spacial score (nSPS) is 15.9. The minimum Gasteiger partial charge on any atom is -0.365 e. The maximum Gasteiger partial charge on any atom is 0.271 e. The number of fused-ring (bicyclic) bond motifs is 1. The lowest BCUT2D eigenvalue weighted by Crippen LogP contribution is -2.44. The Kier molecular flexibility index (Phi) is 6.75. The zero-order chi connectivity index (χ0) is 21.8. The summed E-state index contributed by atoms with van der Waals surface area (Å²) in [6, 6.07) is 4.53. The van der Waals surface area contributed by atoms with Gasteiger partial charge in [0.15, 0.2) is 0 Å². The monoisotopic (exact) mass is 430 g/mol. The fourth-order valence-electron chi connectivity index (χ4n) is 3.50. The van der Waals surface area contributed by atoms with Crippen LogP contribution < -0.4 is 11.1 Å². The number of rotatable bonds is 4. The van der Waals surface area contributed by atoms with Crippen LogP contribution in [0.5, 0.6) is 0 Å². The molecule has 30 heavy (non-hydrogen) atoms. The molecule has 0 radical (unpaired) electrons. The van der Waals surface area contributed by atoms with Crippen molar-refractivity contribution >= 4 is 30.6 Å². The summed E-state index contributed by atoms with van der Waals surface area (Å²) in [7, 11) is 1.97. The minimum atomic E-state index is -0.540. The number of hydrogen-bond acceptors (Lipinski definition) is 5. The van der Waals surface area contributed by atoms with Crippen LogP contribution in [0.15, 0.2) is 18.2 Å². The second-order valence-electron chi connectivity index (χ2n) is 7.40. The highest BCUT2D eigenvalue weighted by Crippen LogP contribution is 2.30. The van der Waals surface area contributed by atoms with Crippen LogP contribution in [-0.2, 0) is 17.9 Å². The van der Waals surface area contributed by atoms with E-state index in [1.807, 2.05) is 7.05 Å². The number of aromatic nitrogens is 2. The van der Waals surface area contributed by atoms with Crippen molar-refractivity contribution in [2.24, 2.45) is 5.73 Å². The fourth-order valence-corrected chi connectivity index (χ4v) is 3.68. The molecule has 0 aliphatic carbocycles. The van der Waals surface area contributed by atoms with Crippen molar-refractivity contribution in [3.8, 4) is 17.2 Å². The zero-order valence-electron chi connectivity index (χ0n) is 16.4. The van der Waals surface area contributed by atoms with Gasteiger partial charge in [-0.1, -0.05) is 11.6 Å². The van der Waals surface area contributed by atoms with Crippen LogP contribution in [0.1, 0.15) is 16.1 Å². The molecule has 1 aromatic heterocycles. The Morgan fingerprint density at radius 1 is 1.47 bits per heavy atom. The predicted molar refractivity (Wildman–Crippen MR) is 111 cm³/mol. The SMILES string of the molecule is CN1CCn2nc(-c3ccc(F)c(Cl)c3)c(C(N)=O)c2C1.N#CB1CC(NC=O)C1. The molecule has 4 rings (SSSR count). The zero-order valence-corrected chi connectivity index (χ0v) is 17.2. The average molecular weight is 431 g/mol. The summed E-state index contributed by atoms with van der Waals surface area (Å²) in [6.07, 6.45) is 2.35. The van der Waals surface area contributed by atoms with Crippen molar-refractivity contribution in [1.82, 2.24) is 20.0 Å². The van der Waals surface area contributed by atoms with Crippen molar-refractivity contribution in [1.29, 1.82) is 5.26 Å². The number of carbonyl (C=O) groups is 2. The van der Waals surface area contributed by atoms with E-state index in [0.717, 1.165) is 24.9 Å². The van der Waals surface area contributed by atoms with Crippen LogP contribution >= 0.6 is 11.6 Å². The topological polar surface area (TPSA) is 117 Å². The molecule has 0 spiro atoms. The number of hydrogen-bond donors (Lipinski definition) is 2. The van der Waals surface area contributed by atoms with E-state index in [9.17, 15) is 14.0 Å². The average Bonchev–Trinajstić information content (AvgIpc) is 3.05. The van der Waals surface area contributed by atoms with E-state index in [1.54, 1.807) is 10.7 Å². The number of nitrogens with one attached hydrogen (secondary N) is 1. The van der Waals surface area contributed by atoms with E-state index in [2.05, 4.69) is 21.3 Å². The van der Waals surface area contributed by atoms with E-state index in [1.165, 1.54) is 12.1 Å². The molecular formula is C19H21BClFN6O2. The Bertz CT molecular complexity index is 1000. The lowest BCUT2D eigenvalue weighted by molar-refractivity contribution is -0.110. The van der Waals surface area contributed by atoms with Gasteiger partial charge in [0.25, 0.3) is 12.6 Å². The lowest BCUT2D eigenvalue weighted by Gasteiger charge is -2.26. The van der Waals surface area contributed by atoms with Crippen molar-refractivity contribution in [3.63, 3.8) is 0 Å². The lowest BCUT2D eigenvalue weighted by atomic mass is 9.34. The van der Waals surface area contributed by atoms with Gasteiger partial charge in [0, 0.05) is 30.7 Å². The molecule has 1 fully saturated rings. The smallest absolute Gasteiger partial charge is 0.271 e. The van der Waals surface area contributed by atoms with E-state index in [4.69, 9.17) is 22.6 Å². The summed E-state index contributed by atoms with van der Waals surface area (Å²) in [5.74, 6) is 1.08. The van der Waals surface area contributed by atoms with Crippen LogP contribution in [-0.4, -0.2) is 53.3 Å². The Morgan fingerprint density at radius 3 is 2.80 bits per heavy atom. The molecule has 8 nitrogen and oxygen atoms in total. The van der Waals surface area contributed by atoms with E-state index >= 15 is 0 Å². The molecule has 2 aromatic rings. The molecule has 0 saturated carbocycles. The van der Waals surface area contributed by atoms with Gasteiger partial charge in [-0.25, -0.2) is 9.65 Å². The largest absolute Gasteiger partial charge is 0.365 e. The number of nitriles is 1. The highest BCUT2D eigenvalue weighted by molar-refractivity contribution is 6.70. The second-order valence-corrected chi connectivity index (χ2v) is 7.81. The summed E-state index contributed by atoms with van der Waals surface area (Å²) in [5, 5.41) is 15.4. The summed E-state index contributed by atoms with van der Waals surface area (Å²) in [4.78, 5) is 23.7. The van der Waals surface area contributed by atoms with Gasteiger partial charge in [-0.2, -0.15) is 5.10 Å². The van der Waals surface area contributed by atoms with Gasteiger partial charge >= 0.3 is 0 Å². The van der Waals surface area contributed by atoms with Crippen LogP contribution in [0.2, 0.25) is 17.7 Å². The van der Waals surface area contributed by atoms with Gasteiger partial charge in [-0.15, -0.1) is 0 Å². The highest BCUT2D eigenvalue weighted by atomic mass is 35.5. The van der Waals surface area contributed by atoms with Crippen LogP contribution in [0.25, 0.3) is 11.3 Å². The third-order valence-corrected chi connectivity index (χ3v) is 5.52. The maximum atomic E-state index is 13.3. The van der Waals surface area contributed by atoms with E-state index < -0.39 is 11.7 Å².